The molecule has 2 nitrogen and oxygen atoms in total. The van der Waals surface area contributed by atoms with Crippen molar-refractivity contribution in [3.63, 3.8) is 0 Å². The second-order valence-corrected chi connectivity index (χ2v) is 5.66. The third-order valence-electron chi connectivity index (χ3n) is 4.11. The van der Waals surface area contributed by atoms with Gasteiger partial charge in [-0.2, -0.15) is 0 Å². The summed E-state index contributed by atoms with van der Waals surface area (Å²) in [4.78, 5) is 2.57. The van der Waals surface area contributed by atoms with Crippen molar-refractivity contribution in [1.29, 1.82) is 0 Å². The topological polar surface area (TPSA) is 15.3 Å². The smallest absolute Gasteiger partial charge is 0.0215 e. The Morgan fingerprint density at radius 1 is 1.40 bits per heavy atom. The van der Waals surface area contributed by atoms with Crippen LogP contribution in [-0.2, 0) is 0 Å². The van der Waals surface area contributed by atoms with E-state index in [1.54, 1.807) is 0 Å². The lowest BCUT2D eigenvalue weighted by Gasteiger charge is -2.27. The summed E-state index contributed by atoms with van der Waals surface area (Å²) in [5.74, 6) is 1.98. The van der Waals surface area contributed by atoms with Crippen LogP contribution in [0.5, 0.6) is 0 Å². The summed E-state index contributed by atoms with van der Waals surface area (Å²) in [7, 11) is 2.30. The highest BCUT2D eigenvalue weighted by Crippen LogP contribution is 2.38. The molecule has 0 aromatic rings. The molecule has 0 spiro atoms. The molecule has 88 valence electrons. The molecular weight excluding hydrogens is 184 g/mol. The van der Waals surface area contributed by atoms with E-state index >= 15 is 0 Å². The van der Waals surface area contributed by atoms with Crippen molar-refractivity contribution in [2.45, 2.75) is 51.6 Å². The molecule has 0 radical (unpaired) electrons. The minimum atomic E-state index is 0.749. The average Bonchev–Trinajstić information content (AvgIpc) is 3.08. The maximum atomic E-state index is 3.65. The zero-order valence-corrected chi connectivity index (χ0v) is 10.5. The lowest BCUT2D eigenvalue weighted by atomic mass is 10.2. The molecule has 2 rings (SSSR count). The van der Waals surface area contributed by atoms with Crippen LogP contribution in [-0.4, -0.2) is 37.1 Å². The average molecular weight is 210 g/mol. The van der Waals surface area contributed by atoms with Crippen molar-refractivity contribution >= 4 is 0 Å². The fourth-order valence-electron chi connectivity index (χ4n) is 2.37. The van der Waals surface area contributed by atoms with Crippen LogP contribution < -0.4 is 5.32 Å². The fraction of sp³-hybridized carbons (Fsp3) is 1.00. The molecule has 3 unspecified atom stereocenters. The van der Waals surface area contributed by atoms with Crippen LogP contribution in [0.2, 0.25) is 0 Å². The van der Waals surface area contributed by atoms with Crippen molar-refractivity contribution < 1.29 is 0 Å². The molecule has 15 heavy (non-hydrogen) atoms. The van der Waals surface area contributed by atoms with Crippen molar-refractivity contribution in [1.82, 2.24) is 10.2 Å². The summed E-state index contributed by atoms with van der Waals surface area (Å²) < 4.78 is 0. The molecule has 2 heteroatoms. The molecule has 2 aliphatic rings. The zero-order chi connectivity index (χ0) is 10.8. The van der Waals surface area contributed by atoms with Gasteiger partial charge < -0.3 is 10.2 Å². The quantitative estimate of drug-likeness (QED) is 0.692. The van der Waals surface area contributed by atoms with E-state index in [9.17, 15) is 0 Å². The van der Waals surface area contributed by atoms with Crippen LogP contribution in [0.15, 0.2) is 0 Å². The third kappa shape index (κ3) is 3.46. The first-order chi connectivity index (χ1) is 7.20. The van der Waals surface area contributed by atoms with Crippen LogP contribution in [0.3, 0.4) is 0 Å². The maximum Gasteiger partial charge on any atom is 0.0215 e. The van der Waals surface area contributed by atoms with Gasteiger partial charge in [0.1, 0.15) is 0 Å². The zero-order valence-electron chi connectivity index (χ0n) is 10.5. The Morgan fingerprint density at radius 2 is 2.07 bits per heavy atom. The first-order valence-corrected chi connectivity index (χ1v) is 6.64. The van der Waals surface area contributed by atoms with E-state index < -0.39 is 0 Å². The Bertz CT molecular complexity index is 201. The van der Waals surface area contributed by atoms with Gasteiger partial charge in [-0.05, 0) is 44.6 Å². The van der Waals surface area contributed by atoms with Crippen LogP contribution in [0, 0.1) is 11.8 Å². The van der Waals surface area contributed by atoms with Gasteiger partial charge in [0.25, 0.3) is 0 Å². The number of nitrogens with one attached hydrogen (secondary N) is 1. The summed E-state index contributed by atoms with van der Waals surface area (Å²) >= 11 is 0. The Labute approximate surface area is 94.4 Å². The fourth-order valence-corrected chi connectivity index (χ4v) is 2.37. The molecule has 0 heterocycles. The molecule has 2 fully saturated rings. The van der Waals surface area contributed by atoms with E-state index in [0.29, 0.717) is 0 Å². The summed E-state index contributed by atoms with van der Waals surface area (Å²) in [6.07, 6.45) is 5.54. The van der Waals surface area contributed by atoms with E-state index in [4.69, 9.17) is 0 Å². The van der Waals surface area contributed by atoms with Gasteiger partial charge in [-0.3, -0.25) is 0 Å². The minimum absolute atomic E-state index is 0.749. The van der Waals surface area contributed by atoms with Gasteiger partial charge in [0.15, 0.2) is 0 Å². The highest BCUT2D eigenvalue weighted by molar-refractivity contribution is 4.87. The van der Waals surface area contributed by atoms with E-state index in [-0.39, 0.29) is 0 Å². The van der Waals surface area contributed by atoms with Crippen molar-refractivity contribution in [3.05, 3.63) is 0 Å². The predicted molar refractivity (Wildman–Crippen MR) is 65.0 cm³/mol. The lowest BCUT2D eigenvalue weighted by molar-refractivity contribution is 0.217. The highest BCUT2D eigenvalue weighted by atomic mass is 15.2. The molecule has 2 saturated carbocycles. The summed E-state index contributed by atoms with van der Waals surface area (Å²) in [6.45, 7) is 7.19. The molecule has 0 bridgehead atoms. The van der Waals surface area contributed by atoms with Crippen molar-refractivity contribution in [2.24, 2.45) is 11.8 Å². The van der Waals surface area contributed by atoms with Gasteiger partial charge in [-0.25, -0.2) is 0 Å². The Balaban J connectivity index is 1.66. The molecular formula is C13H26N2. The normalized spacial score (nSPS) is 32.0. The predicted octanol–water partition coefficient (Wildman–Crippen LogP) is 2.10. The summed E-state index contributed by atoms with van der Waals surface area (Å²) in [5.41, 5.74) is 0. The standard InChI is InChI=1S/C13H26N2/c1-4-13(8-14-12-5-6-12)15(3)9-11-7-10(11)2/h10-14H,4-9H2,1-3H3. The number of hydrogen-bond acceptors (Lipinski definition) is 2. The second-order valence-electron chi connectivity index (χ2n) is 5.66. The molecule has 0 amide bonds. The lowest BCUT2D eigenvalue weighted by Crippen LogP contribution is -2.41. The minimum Gasteiger partial charge on any atom is -0.312 e. The molecule has 3 atom stereocenters. The number of hydrogen-bond donors (Lipinski definition) is 1. The Hall–Kier alpha value is -0.0800. The molecule has 0 aromatic heterocycles. The first kappa shape index (κ1) is 11.4. The number of nitrogens with zero attached hydrogens (tertiary/aromatic N) is 1. The van der Waals surface area contributed by atoms with E-state index in [1.165, 1.54) is 38.8 Å². The van der Waals surface area contributed by atoms with Gasteiger partial charge in [0, 0.05) is 25.2 Å². The largest absolute Gasteiger partial charge is 0.312 e. The second kappa shape index (κ2) is 4.84. The maximum absolute atomic E-state index is 3.65. The monoisotopic (exact) mass is 210 g/mol. The van der Waals surface area contributed by atoms with E-state index in [2.05, 4.69) is 31.1 Å². The van der Waals surface area contributed by atoms with Crippen LogP contribution in [0.1, 0.15) is 39.5 Å². The van der Waals surface area contributed by atoms with Crippen molar-refractivity contribution in [3.8, 4) is 0 Å². The van der Waals surface area contributed by atoms with Crippen LogP contribution in [0.25, 0.3) is 0 Å². The highest BCUT2D eigenvalue weighted by Gasteiger charge is 2.34. The van der Waals surface area contributed by atoms with Crippen LogP contribution in [0.4, 0.5) is 0 Å². The molecule has 0 aromatic carbocycles. The summed E-state index contributed by atoms with van der Waals surface area (Å²) in [5, 5.41) is 3.65. The third-order valence-corrected chi connectivity index (χ3v) is 4.11. The van der Waals surface area contributed by atoms with Crippen molar-refractivity contribution in [2.75, 3.05) is 20.1 Å². The molecule has 1 N–H and O–H groups in total. The van der Waals surface area contributed by atoms with Crippen LogP contribution >= 0.6 is 0 Å². The van der Waals surface area contributed by atoms with E-state index in [0.717, 1.165) is 23.9 Å². The number of rotatable bonds is 7. The van der Waals surface area contributed by atoms with Gasteiger partial charge in [-0.15, -0.1) is 0 Å². The first-order valence-electron chi connectivity index (χ1n) is 6.64. The molecule has 0 saturated heterocycles. The number of likely N-dealkylation sites (N-methyl/N-ethyl adjacent to an activating group) is 1. The van der Waals surface area contributed by atoms with Gasteiger partial charge in [0.05, 0.1) is 0 Å². The molecule has 2 aliphatic carbocycles. The van der Waals surface area contributed by atoms with Gasteiger partial charge in [-0.1, -0.05) is 13.8 Å². The summed E-state index contributed by atoms with van der Waals surface area (Å²) in [6, 6.07) is 1.60. The van der Waals surface area contributed by atoms with Gasteiger partial charge in [0.2, 0.25) is 0 Å². The molecule has 0 aliphatic heterocycles. The Kier molecular flexibility index (Phi) is 3.68. The van der Waals surface area contributed by atoms with E-state index in [1.807, 2.05) is 0 Å². The van der Waals surface area contributed by atoms with Gasteiger partial charge >= 0.3 is 0 Å². The SMILES string of the molecule is CCC(CNC1CC1)N(C)CC1CC1C. The Morgan fingerprint density at radius 3 is 2.53 bits per heavy atom.